The highest BCUT2D eigenvalue weighted by atomic mass is 32.1. The highest BCUT2D eigenvalue weighted by Crippen LogP contribution is 2.29. The number of nitrogens with zero attached hydrogens (tertiary/aromatic N) is 2. The van der Waals surface area contributed by atoms with Crippen LogP contribution in [0.5, 0.6) is 0 Å². The summed E-state index contributed by atoms with van der Waals surface area (Å²) in [5, 5.41) is 14.5. The van der Waals surface area contributed by atoms with E-state index in [1.165, 1.54) is 18.2 Å². The van der Waals surface area contributed by atoms with Gasteiger partial charge in [0.1, 0.15) is 11.3 Å². The van der Waals surface area contributed by atoms with Gasteiger partial charge in [0, 0.05) is 29.3 Å². The molecule has 5 aromatic rings. The summed E-state index contributed by atoms with van der Waals surface area (Å²) in [6, 6.07) is 17.9. The van der Waals surface area contributed by atoms with E-state index in [9.17, 15) is 19.7 Å². The number of nitro groups is 1. The van der Waals surface area contributed by atoms with Crippen molar-refractivity contribution in [1.29, 1.82) is 0 Å². The van der Waals surface area contributed by atoms with E-state index in [1.54, 1.807) is 42.5 Å². The van der Waals surface area contributed by atoms with Gasteiger partial charge in [-0.15, -0.1) is 0 Å². The summed E-state index contributed by atoms with van der Waals surface area (Å²) in [5.41, 5.74) is 2.94. The number of anilines is 1. The molecule has 0 radical (unpaired) electrons. The lowest BCUT2D eigenvalue weighted by Crippen LogP contribution is -2.11. The molecule has 0 atom stereocenters. The molecule has 3 aromatic carbocycles. The molecule has 9 heteroatoms. The van der Waals surface area contributed by atoms with Gasteiger partial charge in [-0.2, -0.15) is 0 Å². The third-order valence-electron chi connectivity index (χ3n) is 5.12. The van der Waals surface area contributed by atoms with E-state index in [0.717, 1.165) is 16.9 Å². The number of carbonyl (C=O) groups excluding carboxylic acids is 1. The molecule has 2 aromatic heterocycles. The van der Waals surface area contributed by atoms with Gasteiger partial charge in [0.25, 0.3) is 11.6 Å². The normalized spacial score (nSPS) is 11.1. The molecule has 1 amide bonds. The molecule has 1 N–H and O–H groups in total. The molecule has 0 aliphatic heterocycles. The molecule has 0 spiro atoms. The van der Waals surface area contributed by atoms with Crippen molar-refractivity contribution in [2.24, 2.45) is 0 Å². The van der Waals surface area contributed by atoms with E-state index in [4.69, 9.17) is 4.42 Å². The molecule has 0 fully saturated rings. The van der Waals surface area contributed by atoms with Gasteiger partial charge in [0.05, 0.1) is 20.5 Å². The van der Waals surface area contributed by atoms with Gasteiger partial charge in [-0.3, -0.25) is 25.0 Å². The second-order valence-electron chi connectivity index (χ2n) is 7.43. The van der Waals surface area contributed by atoms with Crippen LogP contribution in [0, 0.1) is 17.0 Å². The standard InChI is InChI=1S/C24H15N3O5S/c1-13-2-9-20-17(10-13)19(28)12-21(32-20)14-3-5-15(6-4-14)23(29)26-24-25-18-8-7-16(27(30)31)11-22(18)33-24/h2-12H,1H3,(H,25,26,29). The number of fused-ring (bicyclic) bond motifs is 2. The van der Waals surface area contributed by atoms with Gasteiger partial charge in [-0.05, 0) is 37.3 Å². The first kappa shape index (κ1) is 20.5. The van der Waals surface area contributed by atoms with Crippen molar-refractivity contribution in [2.75, 3.05) is 5.32 Å². The van der Waals surface area contributed by atoms with Crippen molar-refractivity contribution in [3.63, 3.8) is 0 Å². The number of non-ortho nitro benzene ring substituents is 1. The monoisotopic (exact) mass is 457 g/mol. The summed E-state index contributed by atoms with van der Waals surface area (Å²) in [7, 11) is 0. The number of aromatic nitrogens is 1. The van der Waals surface area contributed by atoms with Gasteiger partial charge in [0.15, 0.2) is 10.6 Å². The Morgan fingerprint density at radius 3 is 2.61 bits per heavy atom. The first-order valence-electron chi connectivity index (χ1n) is 9.89. The summed E-state index contributed by atoms with van der Waals surface area (Å²) in [5.74, 6) is 0.0432. The average molecular weight is 457 g/mol. The molecule has 0 bridgehead atoms. The van der Waals surface area contributed by atoms with Crippen molar-refractivity contribution in [3.05, 3.63) is 98.2 Å². The number of benzene rings is 3. The molecular formula is C24H15N3O5S. The van der Waals surface area contributed by atoms with Gasteiger partial charge >= 0.3 is 0 Å². The number of hydrogen-bond donors (Lipinski definition) is 1. The smallest absolute Gasteiger partial charge is 0.270 e. The predicted octanol–water partition coefficient (Wildman–Crippen LogP) is 5.54. The Labute approximate surface area is 190 Å². The van der Waals surface area contributed by atoms with Crippen molar-refractivity contribution in [1.82, 2.24) is 4.98 Å². The quantitative estimate of drug-likeness (QED) is 0.280. The van der Waals surface area contributed by atoms with E-state index in [0.29, 0.717) is 43.2 Å². The summed E-state index contributed by atoms with van der Waals surface area (Å²) < 4.78 is 6.49. The number of amides is 1. The predicted molar refractivity (Wildman–Crippen MR) is 127 cm³/mol. The zero-order chi connectivity index (χ0) is 23.1. The van der Waals surface area contributed by atoms with Crippen molar-refractivity contribution < 1.29 is 14.1 Å². The van der Waals surface area contributed by atoms with Crippen LogP contribution in [0.2, 0.25) is 0 Å². The fourth-order valence-corrected chi connectivity index (χ4v) is 4.34. The maximum atomic E-state index is 12.6. The minimum Gasteiger partial charge on any atom is -0.456 e. The van der Waals surface area contributed by atoms with Gasteiger partial charge in [-0.1, -0.05) is 35.1 Å². The van der Waals surface area contributed by atoms with Crippen LogP contribution in [0.25, 0.3) is 32.5 Å². The summed E-state index contributed by atoms with van der Waals surface area (Å²) >= 11 is 1.16. The zero-order valence-corrected chi connectivity index (χ0v) is 18.0. The second-order valence-corrected chi connectivity index (χ2v) is 8.46. The number of carbonyl (C=O) groups is 1. The maximum Gasteiger partial charge on any atom is 0.270 e. The molecule has 162 valence electrons. The third-order valence-corrected chi connectivity index (χ3v) is 6.05. The maximum absolute atomic E-state index is 12.6. The highest BCUT2D eigenvalue weighted by molar-refractivity contribution is 7.22. The fourth-order valence-electron chi connectivity index (χ4n) is 3.45. The van der Waals surface area contributed by atoms with E-state index < -0.39 is 4.92 Å². The Morgan fingerprint density at radius 1 is 1.06 bits per heavy atom. The molecule has 2 heterocycles. The first-order valence-corrected chi connectivity index (χ1v) is 10.7. The van der Waals surface area contributed by atoms with Crippen molar-refractivity contribution in [2.45, 2.75) is 6.92 Å². The van der Waals surface area contributed by atoms with Crippen LogP contribution in [0.15, 0.2) is 75.9 Å². The van der Waals surface area contributed by atoms with Crippen LogP contribution in [0.3, 0.4) is 0 Å². The van der Waals surface area contributed by atoms with E-state index in [1.807, 2.05) is 13.0 Å². The zero-order valence-electron chi connectivity index (χ0n) is 17.2. The number of thiazole rings is 1. The van der Waals surface area contributed by atoms with Crippen LogP contribution in [-0.4, -0.2) is 15.8 Å². The molecular weight excluding hydrogens is 442 g/mol. The summed E-state index contributed by atoms with van der Waals surface area (Å²) in [6.07, 6.45) is 0. The lowest BCUT2D eigenvalue weighted by atomic mass is 10.1. The number of aryl methyl sites for hydroxylation is 1. The molecule has 0 saturated carbocycles. The third kappa shape index (κ3) is 3.97. The minimum atomic E-state index is -0.475. The lowest BCUT2D eigenvalue weighted by molar-refractivity contribution is -0.384. The second kappa shape index (κ2) is 7.95. The Kier molecular flexibility index (Phi) is 4.95. The van der Waals surface area contributed by atoms with Crippen LogP contribution in [-0.2, 0) is 0 Å². The Balaban J connectivity index is 1.38. The van der Waals surface area contributed by atoms with E-state index in [-0.39, 0.29) is 17.0 Å². The Morgan fingerprint density at radius 2 is 1.85 bits per heavy atom. The topological polar surface area (TPSA) is 115 Å². The van der Waals surface area contributed by atoms with Gasteiger partial charge in [-0.25, -0.2) is 4.98 Å². The summed E-state index contributed by atoms with van der Waals surface area (Å²) in [4.78, 5) is 39.9. The van der Waals surface area contributed by atoms with Crippen LogP contribution >= 0.6 is 11.3 Å². The highest BCUT2D eigenvalue weighted by Gasteiger charge is 2.14. The largest absolute Gasteiger partial charge is 0.456 e. The molecule has 33 heavy (non-hydrogen) atoms. The number of nitro benzene ring substituents is 1. The lowest BCUT2D eigenvalue weighted by Gasteiger charge is -2.06. The molecule has 0 unspecified atom stereocenters. The molecule has 8 nitrogen and oxygen atoms in total. The first-order chi connectivity index (χ1) is 15.9. The Bertz CT molecular complexity index is 1620. The SMILES string of the molecule is Cc1ccc2oc(-c3ccc(C(=O)Nc4nc5ccc([N+](=O)[O-])cc5s4)cc3)cc(=O)c2c1. The number of hydrogen-bond acceptors (Lipinski definition) is 7. The molecule has 0 aliphatic rings. The minimum absolute atomic E-state index is 0.0323. The van der Waals surface area contributed by atoms with Gasteiger partial charge in [0.2, 0.25) is 0 Å². The average Bonchev–Trinajstić information content (AvgIpc) is 3.21. The van der Waals surface area contributed by atoms with Crippen LogP contribution in [0.1, 0.15) is 15.9 Å². The molecule has 0 aliphatic carbocycles. The van der Waals surface area contributed by atoms with Crippen molar-refractivity contribution >= 4 is 49.2 Å². The molecule has 5 rings (SSSR count). The van der Waals surface area contributed by atoms with Crippen molar-refractivity contribution in [3.8, 4) is 11.3 Å². The van der Waals surface area contributed by atoms with E-state index >= 15 is 0 Å². The summed E-state index contributed by atoms with van der Waals surface area (Å²) in [6.45, 7) is 1.91. The number of nitrogens with one attached hydrogen (secondary N) is 1. The molecule has 0 saturated heterocycles. The Hall–Kier alpha value is -4.37. The van der Waals surface area contributed by atoms with Crippen LogP contribution < -0.4 is 10.7 Å². The van der Waals surface area contributed by atoms with Gasteiger partial charge < -0.3 is 4.42 Å². The number of rotatable bonds is 4. The van der Waals surface area contributed by atoms with Crippen LogP contribution in [0.4, 0.5) is 10.8 Å². The fraction of sp³-hybridized carbons (Fsp3) is 0.0417. The van der Waals surface area contributed by atoms with E-state index in [2.05, 4.69) is 10.3 Å².